The number of fused-ring (bicyclic) bond motifs is 1. The van der Waals surface area contributed by atoms with Crippen LogP contribution in [0.25, 0.3) is 0 Å². The molecule has 0 bridgehead atoms. The zero-order valence-corrected chi connectivity index (χ0v) is 6.88. The van der Waals surface area contributed by atoms with Crippen LogP contribution in [0.5, 0.6) is 0 Å². The second-order valence-electron chi connectivity index (χ2n) is 3.59. The summed E-state index contributed by atoms with van der Waals surface area (Å²) in [5.74, 6) is 1.11. The highest BCUT2D eigenvalue weighted by Gasteiger charge is 2.30. The lowest BCUT2D eigenvalue weighted by molar-refractivity contribution is 0.0450. The highest BCUT2D eigenvalue weighted by atomic mass is 16.3. The zero-order chi connectivity index (χ0) is 7.90. The molecular weight excluding hydrogens is 140 g/mol. The van der Waals surface area contributed by atoms with Gasteiger partial charge in [0.15, 0.2) is 5.72 Å². The molecule has 1 saturated heterocycles. The van der Waals surface area contributed by atoms with Gasteiger partial charge in [-0.2, -0.15) is 0 Å². The van der Waals surface area contributed by atoms with E-state index in [4.69, 9.17) is 0 Å². The van der Waals surface area contributed by atoms with Crippen LogP contribution < -0.4 is 0 Å². The normalized spacial score (nSPS) is 36.9. The molecule has 0 saturated carbocycles. The van der Waals surface area contributed by atoms with Gasteiger partial charge in [-0.25, -0.2) is 4.99 Å². The summed E-state index contributed by atoms with van der Waals surface area (Å²) in [6, 6.07) is 0. The summed E-state index contributed by atoms with van der Waals surface area (Å²) < 4.78 is 0. The van der Waals surface area contributed by atoms with Crippen molar-refractivity contribution >= 4 is 5.84 Å². The average Bonchev–Trinajstić information content (AvgIpc) is 2.31. The lowest BCUT2D eigenvalue weighted by atomic mass is 10.1. The Morgan fingerprint density at radius 2 is 2.36 bits per heavy atom. The molecule has 0 aliphatic carbocycles. The van der Waals surface area contributed by atoms with Gasteiger partial charge in [0.2, 0.25) is 0 Å². The third-order valence-corrected chi connectivity index (χ3v) is 2.42. The predicted octanol–water partition coefficient (Wildman–Crippen LogP) is 0.593. The lowest BCUT2D eigenvalue weighted by Crippen LogP contribution is -2.39. The van der Waals surface area contributed by atoms with Crippen molar-refractivity contribution in [2.24, 2.45) is 4.99 Å². The molecule has 62 valence electrons. The van der Waals surface area contributed by atoms with E-state index in [0.29, 0.717) is 0 Å². The minimum absolute atomic E-state index is 0.774. The van der Waals surface area contributed by atoms with E-state index < -0.39 is 5.72 Å². The molecule has 0 spiro atoms. The first-order valence-corrected chi connectivity index (χ1v) is 4.23. The molecule has 0 amide bonds. The first-order chi connectivity index (χ1) is 5.17. The van der Waals surface area contributed by atoms with E-state index in [-0.39, 0.29) is 0 Å². The second-order valence-corrected chi connectivity index (χ2v) is 3.59. The molecule has 1 atom stereocenters. The Bertz CT molecular complexity index is 198. The number of hydrogen-bond acceptors (Lipinski definition) is 3. The van der Waals surface area contributed by atoms with Crippen LogP contribution in [0.2, 0.25) is 0 Å². The van der Waals surface area contributed by atoms with Crippen molar-refractivity contribution in [3.05, 3.63) is 0 Å². The van der Waals surface area contributed by atoms with Crippen molar-refractivity contribution in [2.45, 2.75) is 31.9 Å². The SMILES string of the molecule is CC1(O)CCN2CCCC2=N1. The molecule has 2 aliphatic heterocycles. The molecule has 0 aromatic rings. The van der Waals surface area contributed by atoms with Gasteiger partial charge in [-0.05, 0) is 13.3 Å². The maximum atomic E-state index is 9.61. The van der Waals surface area contributed by atoms with E-state index in [2.05, 4.69) is 9.89 Å². The number of hydrogen-bond donors (Lipinski definition) is 1. The highest BCUT2D eigenvalue weighted by molar-refractivity contribution is 5.84. The summed E-state index contributed by atoms with van der Waals surface area (Å²) in [7, 11) is 0. The third kappa shape index (κ3) is 1.25. The Balaban J connectivity index is 2.22. The summed E-state index contributed by atoms with van der Waals surface area (Å²) in [5.41, 5.74) is -0.782. The average molecular weight is 154 g/mol. The Hall–Kier alpha value is -0.570. The van der Waals surface area contributed by atoms with Gasteiger partial charge in [0.25, 0.3) is 0 Å². The first kappa shape index (κ1) is 7.10. The van der Waals surface area contributed by atoms with Crippen molar-refractivity contribution in [1.29, 1.82) is 0 Å². The van der Waals surface area contributed by atoms with Gasteiger partial charge in [-0.3, -0.25) is 0 Å². The van der Waals surface area contributed by atoms with E-state index in [9.17, 15) is 5.11 Å². The number of rotatable bonds is 0. The first-order valence-electron chi connectivity index (χ1n) is 4.23. The molecule has 1 unspecified atom stereocenters. The Morgan fingerprint density at radius 1 is 1.55 bits per heavy atom. The topological polar surface area (TPSA) is 35.8 Å². The standard InChI is InChI=1S/C8H14N2O/c1-8(11)4-6-10-5-2-3-7(10)9-8/h11H,2-6H2,1H3. The van der Waals surface area contributed by atoms with Crippen LogP contribution in [0.15, 0.2) is 4.99 Å². The molecule has 0 aromatic carbocycles. The Kier molecular flexibility index (Phi) is 1.42. The van der Waals surface area contributed by atoms with Gasteiger partial charge in [0.1, 0.15) is 5.84 Å². The van der Waals surface area contributed by atoms with E-state index in [1.807, 2.05) is 0 Å². The second kappa shape index (κ2) is 2.21. The molecule has 3 nitrogen and oxygen atoms in total. The number of nitrogens with zero attached hydrogens (tertiary/aromatic N) is 2. The monoisotopic (exact) mass is 154 g/mol. The van der Waals surface area contributed by atoms with E-state index >= 15 is 0 Å². The van der Waals surface area contributed by atoms with Gasteiger partial charge in [-0.1, -0.05) is 0 Å². The Morgan fingerprint density at radius 3 is 3.18 bits per heavy atom. The zero-order valence-electron chi connectivity index (χ0n) is 6.88. The van der Waals surface area contributed by atoms with Crippen LogP contribution in [0, 0.1) is 0 Å². The van der Waals surface area contributed by atoms with Gasteiger partial charge >= 0.3 is 0 Å². The summed E-state index contributed by atoms with van der Waals surface area (Å²) in [6.45, 7) is 3.90. The van der Waals surface area contributed by atoms with Crippen molar-refractivity contribution in [1.82, 2.24) is 4.90 Å². The van der Waals surface area contributed by atoms with Gasteiger partial charge in [0, 0.05) is 25.9 Å². The molecular formula is C8H14N2O. The summed E-state index contributed by atoms with van der Waals surface area (Å²) in [4.78, 5) is 6.55. The molecule has 11 heavy (non-hydrogen) atoms. The molecule has 2 rings (SSSR count). The largest absolute Gasteiger partial charge is 0.369 e. The molecule has 2 aliphatic rings. The Labute approximate surface area is 66.7 Å². The molecule has 3 heteroatoms. The van der Waals surface area contributed by atoms with Gasteiger partial charge in [-0.15, -0.1) is 0 Å². The van der Waals surface area contributed by atoms with Crippen LogP contribution in [0.1, 0.15) is 26.2 Å². The van der Waals surface area contributed by atoms with Crippen LogP contribution in [-0.2, 0) is 0 Å². The minimum Gasteiger partial charge on any atom is -0.369 e. The van der Waals surface area contributed by atoms with Crippen LogP contribution in [0.4, 0.5) is 0 Å². The third-order valence-electron chi connectivity index (χ3n) is 2.42. The number of aliphatic hydroxyl groups is 1. The van der Waals surface area contributed by atoms with E-state index in [1.165, 1.54) is 6.42 Å². The summed E-state index contributed by atoms with van der Waals surface area (Å²) >= 11 is 0. The maximum Gasteiger partial charge on any atom is 0.156 e. The van der Waals surface area contributed by atoms with Crippen molar-refractivity contribution in [2.75, 3.05) is 13.1 Å². The maximum absolute atomic E-state index is 9.61. The summed E-state index contributed by atoms with van der Waals surface area (Å²) in [6.07, 6.45) is 3.03. The highest BCUT2D eigenvalue weighted by Crippen LogP contribution is 2.24. The van der Waals surface area contributed by atoms with Crippen LogP contribution in [0.3, 0.4) is 0 Å². The fourth-order valence-electron chi connectivity index (χ4n) is 1.76. The predicted molar refractivity (Wildman–Crippen MR) is 43.5 cm³/mol. The van der Waals surface area contributed by atoms with Crippen molar-refractivity contribution in [3.63, 3.8) is 0 Å². The number of amidine groups is 1. The van der Waals surface area contributed by atoms with E-state index in [1.54, 1.807) is 6.92 Å². The van der Waals surface area contributed by atoms with Crippen molar-refractivity contribution < 1.29 is 5.11 Å². The minimum atomic E-state index is -0.782. The molecule has 0 radical (unpaired) electrons. The number of aliphatic imine (C=N–C) groups is 1. The molecule has 1 fully saturated rings. The quantitative estimate of drug-likeness (QED) is 0.554. The van der Waals surface area contributed by atoms with E-state index in [0.717, 1.165) is 31.8 Å². The fourth-order valence-corrected chi connectivity index (χ4v) is 1.76. The molecule has 2 heterocycles. The lowest BCUT2D eigenvalue weighted by Gasteiger charge is -2.31. The van der Waals surface area contributed by atoms with Crippen LogP contribution >= 0.6 is 0 Å². The van der Waals surface area contributed by atoms with Crippen LogP contribution in [-0.4, -0.2) is 34.7 Å². The fraction of sp³-hybridized carbons (Fsp3) is 0.875. The van der Waals surface area contributed by atoms with Gasteiger partial charge in [0.05, 0.1) is 0 Å². The van der Waals surface area contributed by atoms with Gasteiger partial charge < -0.3 is 10.0 Å². The molecule has 1 N–H and O–H groups in total. The smallest absolute Gasteiger partial charge is 0.156 e. The molecule has 0 aromatic heterocycles. The van der Waals surface area contributed by atoms with Crippen molar-refractivity contribution in [3.8, 4) is 0 Å². The summed E-state index contributed by atoms with van der Waals surface area (Å²) in [5, 5.41) is 9.61.